The van der Waals surface area contributed by atoms with Crippen molar-refractivity contribution in [2.75, 3.05) is 45.1 Å². The van der Waals surface area contributed by atoms with Crippen molar-refractivity contribution in [2.45, 2.75) is 49.6 Å². The highest BCUT2D eigenvalue weighted by Crippen LogP contribution is 2.49. The lowest BCUT2D eigenvalue weighted by atomic mass is 9.70. The number of hydrogen-bond donors (Lipinski definition) is 4. The van der Waals surface area contributed by atoms with Crippen LogP contribution in [0.4, 0.5) is 16.2 Å². The Morgan fingerprint density at radius 2 is 1.14 bits per heavy atom. The van der Waals surface area contributed by atoms with Gasteiger partial charge in [0, 0.05) is 35.3 Å². The van der Waals surface area contributed by atoms with Gasteiger partial charge in [-0.15, -0.1) is 0 Å². The van der Waals surface area contributed by atoms with E-state index in [9.17, 15) is 14.4 Å². The van der Waals surface area contributed by atoms with E-state index in [1.807, 2.05) is 13.8 Å². The number of nitrogens with one attached hydrogen (secondary N) is 3. The van der Waals surface area contributed by atoms with Crippen molar-refractivity contribution in [3.63, 3.8) is 0 Å². The second kappa shape index (κ2) is 13.9. The summed E-state index contributed by atoms with van der Waals surface area (Å²) in [4.78, 5) is 38.1. The molecule has 0 unspecified atom stereocenters. The van der Waals surface area contributed by atoms with E-state index >= 15 is 0 Å². The second-order valence-corrected chi connectivity index (χ2v) is 13.4. The van der Waals surface area contributed by atoms with Gasteiger partial charge in [0.15, 0.2) is 0 Å². The van der Waals surface area contributed by atoms with Crippen molar-refractivity contribution in [1.29, 1.82) is 0 Å². The summed E-state index contributed by atoms with van der Waals surface area (Å²) in [5.74, 6) is -1.01. The van der Waals surface area contributed by atoms with E-state index in [0.29, 0.717) is 19.5 Å². The molecule has 6 rings (SSSR count). The van der Waals surface area contributed by atoms with Crippen LogP contribution in [0, 0.1) is 13.8 Å². The molecule has 2 aliphatic heterocycles. The molecule has 260 valence electrons. The minimum Gasteiger partial charge on any atom is -0.468 e. The van der Waals surface area contributed by atoms with Crippen LogP contribution in [0.1, 0.15) is 46.2 Å². The van der Waals surface area contributed by atoms with Gasteiger partial charge >= 0.3 is 18.0 Å². The predicted molar refractivity (Wildman–Crippen MR) is 193 cm³/mol. The third-order valence-electron chi connectivity index (χ3n) is 10.4. The average molecular weight is 677 g/mol. The van der Waals surface area contributed by atoms with Crippen molar-refractivity contribution in [3.8, 4) is 11.1 Å². The summed E-state index contributed by atoms with van der Waals surface area (Å²) in [5.41, 5.74) is 15.4. The first-order valence-corrected chi connectivity index (χ1v) is 16.7. The Morgan fingerprint density at radius 3 is 1.58 bits per heavy atom. The second-order valence-electron chi connectivity index (χ2n) is 13.4. The van der Waals surface area contributed by atoms with Crippen LogP contribution in [-0.2, 0) is 34.6 Å². The van der Waals surface area contributed by atoms with E-state index in [1.165, 1.54) is 21.3 Å². The Balaban J connectivity index is 1.47. The maximum atomic E-state index is 13.1. The molecule has 1 amide bonds. The molecule has 0 aromatic heterocycles. The van der Waals surface area contributed by atoms with Crippen molar-refractivity contribution in [1.82, 2.24) is 5.32 Å². The Morgan fingerprint density at radius 1 is 0.680 bits per heavy atom. The monoisotopic (exact) mass is 676 g/mol. The molecule has 4 atom stereocenters. The van der Waals surface area contributed by atoms with Crippen molar-refractivity contribution in [2.24, 2.45) is 5.73 Å². The number of nitrogens with two attached hydrogens (primary N) is 1. The van der Waals surface area contributed by atoms with Gasteiger partial charge in [0.25, 0.3) is 0 Å². The fourth-order valence-corrected chi connectivity index (χ4v) is 7.59. The van der Waals surface area contributed by atoms with Gasteiger partial charge in [-0.1, -0.05) is 71.8 Å². The fourth-order valence-electron chi connectivity index (χ4n) is 7.59. The molecular formula is C40H44N4O6. The molecule has 50 heavy (non-hydrogen) atoms. The first-order valence-electron chi connectivity index (χ1n) is 16.7. The van der Waals surface area contributed by atoms with Crippen molar-refractivity contribution < 1.29 is 28.6 Å². The third-order valence-corrected chi connectivity index (χ3v) is 10.4. The number of carbonyl (C=O) groups is 3. The van der Waals surface area contributed by atoms with Gasteiger partial charge in [-0.05, 0) is 84.3 Å². The predicted octanol–water partition coefficient (Wildman–Crippen LogP) is 5.57. The highest BCUT2D eigenvalue weighted by molar-refractivity contribution is 5.83. The highest BCUT2D eigenvalue weighted by atomic mass is 16.5. The lowest BCUT2D eigenvalue weighted by Gasteiger charge is -2.34. The lowest BCUT2D eigenvalue weighted by molar-refractivity contribution is -0.143. The Bertz CT molecular complexity index is 1910. The molecule has 0 fully saturated rings. The van der Waals surface area contributed by atoms with Crippen molar-refractivity contribution in [3.05, 3.63) is 118 Å². The molecule has 2 heterocycles. The first-order chi connectivity index (χ1) is 24.0. The number of carbonyl (C=O) groups excluding carboxylic acids is 3. The number of benzene rings is 4. The zero-order valence-corrected chi connectivity index (χ0v) is 29.1. The van der Waals surface area contributed by atoms with Gasteiger partial charge < -0.3 is 35.9 Å². The number of fused-ring (bicyclic) bond motifs is 2. The summed E-state index contributed by atoms with van der Waals surface area (Å²) in [5, 5.41) is 9.84. The number of anilines is 2. The molecule has 10 heteroatoms. The molecule has 0 saturated heterocycles. The smallest absolute Gasteiger partial charge is 0.407 e. The summed E-state index contributed by atoms with van der Waals surface area (Å²) in [7, 11) is 3.93. The zero-order valence-electron chi connectivity index (χ0n) is 29.1. The molecule has 4 aromatic rings. The minimum atomic E-state index is -0.967. The number of rotatable bonds is 10. The van der Waals surface area contributed by atoms with E-state index in [1.54, 1.807) is 0 Å². The molecule has 2 aliphatic rings. The molecule has 0 saturated carbocycles. The summed E-state index contributed by atoms with van der Waals surface area (Å²) in [6, 6.07) is 27.5. The van der Waals surface area contributed by atoms with Crippen LogP contribution in [0.15, 0.2) is 84.9 Å². The number of amides is 1. The molecular weight excluding hydrogens is 632 g/mol. The van der Waals surface area contributed by atoms with Crippen LogP contribution in [-0.4, -0.2) is 64.5 Å². The Labute approximate surface area is 292 Å². The van der Waals surface area contributed by atoms with Crippen LogP contribution in [0.2, 0.25) is 0 Å². The average Bonchev–Trinajstić information content (AvgIpc) is 3.69. The quantitative estimate of drug-likeness (QED) is 0.125. The number of aryl methyl sites for hydroxylation is 2. The lowest BCUT2D eigenvalue weighted by Crippen LogP contribution is -2.47. The van der Waals surface area contributed by atoms with Gasteiger partial charge in [-0.2, -0.15) is 0 Å². The third kappa shape index (κ3) is 6.27. The summed E-state index contributed by atoms with van der Waals surface area (Å²) in [6.07, 6.45) is -0.119. The summed E-state index contributed by atoms with van der Waals surface area (Å²) >= 11 is 0. The number of alkyl carbamates (subject to hydrolysis) is 1. The van der Waals surface area contributed by atoms with E-state index in [0.717, 1.165) is 55.9 Å². The minimum absolute atomic E-state index is 0.233. The topological polar surface area (TPSA) is 141 Å². The number of esters is 2. The van der Waals surface area contributed by atoms with Crippen molar-refractivity contribution >= 4 is 29.4 Å². The Kier molecular flexibility index (Phi) is 9.58. The van der Waals surface area contributed by atoms with Gasteiger partial charge in [0.05, 0.1) is 21.3 Å². The number of hydrogen-bond acceptors (Lipinski definition) is 9. The molecule has 0 radical (unpaired) electrons. The molecule has 0 aliphatic carbocycles. The maximum Gasteiger partial charge on any atom is 0.407 e. The molecule has 4 aromatic carbocycles. The number of ether oxygens (including phenoxy) is 3. The van der Waals surface area contributed by atoms with Crippen LogP contribution in [0.3, 0.4) is 0 Å². The van der Waals surface area contributed by atoms with Crippen LogP contribution in [0.5, 0.6) is 0 Å². The normalized spacial score (nSPS) is 20.0. The number of methoxy groups -OCH3 is 3. The van der Waals surface area contributed by atoms with Gasteiger partial charge in [-0.3, -0.25) is 4.79 Å². The fraction of sp³-hybridized carbons (Fsp3) is 0.325. The van der Waals surface area contributed by atoms with E-state index in [4.69, 9.17) is 19.9 Å². The summed E-state index contributed by atoms with van der Waals surface area (Å²) in [6.45, 7) is 5.16. The van der Waals surface area contributed by atoms with Crippen LogP contribution in [0.25, 0.3) is 11.1 Å². The van der Waals surface area contributed by atoms with Crippen LogP contribution < -0.4 is 21.7 Å². The maximum absolute atomic E-state index is 13.1. The largest absolute Gasteiger partial charge is 0.468 e. The first kappa shape index (κ1) is 34.5. The van der Waals surface area contributed by atoms with Crippen LogP contribution >= 0.6 is 0 Å². The standard InChI is InChI=1S/C40H44N4O6/c1-24-6-12-28(13-7-24)39(20-32(41)36(45)48-3)22-42-33-16-10-26(18-30(33)39)27-11-17-34-31(19-27)40(23-43-34,29-14-8-25(2)9-15-29)21-35(37(46)49-4)44-38(47)50-5/h6-19,32,35,42-43H,20-23,41H2,1-5H3,(H,44,47)/t32-,35-,39+,40+/m0/s1. The Hall–Kier alpha value is -5.35. The highest BCUT2D eigenvalue weighted by Gasteiger charge is 2.46. The van der Waals surface area contributed by atoms with Gasteiger partial charge in [0.2, 0.25) is 0 Å². The van der Waals surface area contributed by atoms with E-state index in [-0.39, 0.29) is 6.42 Å². The molecule has 0 bridgehead atoms. The SMILES string of the molecule is COC(=O)N[C@@H](C[C@]1(c2ccc(C)cc2)CNc2ccc(-c3ccc4c(c3)[C@@](C[C@H](N)C(=O)OC)(c3ccc(C)cc3)CN4)cc21)C(=O)OC. The van der Waals surface area contributed by atoms with E-state index < -0.39 is 40.9 Å². The summed E-state index contributed by atoms with van der Waals surface area (Å²) < 4.78 is 15.0. The molecule has 5 N–H and O–H groups in total. The van der Waals surface area contributed by atoms with Gasteiger partial charge in [-0.25, -0.2) is 9.59 Å². The molecule has 10 nitrogen and oxygen atoms in total. The van der Waals surface area contributed by atoms with E-state index in [2.05, 4.69) is 101 Å². The zero-order chi connectivity index (χ0) is 35.6. The molecule has 0 spiro atoms. The van der Waals surface area contributed by atoms with Gasteiger partial charge in [0.1, 0.15) is 12.1 Å².